The van der Waals surface area contributed by atoms with Gasteiger partial charge in [-0.2, -0.15) is 0 Å². The zero-order valence-electron chi connectivity index (χ0n) is 12.0. The van der Waals surface area contributed by atoms with Crippen molar-refractivity contribution in [3.63, 3.8) is 0 Å². The minimum atomic E-state index is -0.688. The third kappa shape index (κ3) is 2.84. The van der Waals surface area contributed by atoms with Gasteiger partial charge in [0.25, 0.3) is 0 Å². The minimum absolute atomic E-state index is 0.0390. The molecule has 0 saturated heterocycles. The van der Waals surface area contributed by atoms with Gasteiger partial charge in [-0.15, -0.1) is 0 Å². The first-order valence-electron chi connectivity index (χ1n) is 6.87. The third-order valence-electron chi connectivity index (χ3n) is 3.45. The maximum atomic E-state index is 12.7. The summed E-state index contributed by atoms with van der Waals surface area (Å²) >= 11 is 0. The van der Waals surface area contributed by atoms with Crippen LogP contribution in [0.4, 0.5) is 0 Å². The standard InChI is InChI=1S/C17H11N3O3/c18-20-19-10-12-6-1-3-7-13(12)16(21)14-9-11-5-2-4-8-15(11)23-17(14)22/h1-9H,10H2. The highest BCUT2D eigenvalue weighted by Gasteiger charge is 2.18. The van der Waals surface area contributed by atoms with Crippen LogP contribution in [0.15, 0.2) is 68.9 Å². The van der Waals surface area contributed by atoms with E-state index in [4.69, 9.17) is 9.95 Å². The molecule has 0 aliphatic rings. The molecule has 0 amide bonds. The lowest BCUT2D eigenvalue weighted by Crippen LogP contribution is -2.16. The van der Waals surface area contributed by atoms with Gasteiger partial charge in [0.15, 0.2) is 0 Å². The topological polar surface area (TPSA) is 96.0 Å². The van der Waals surface area contributed by atoms with Crippen LogP contribution in [0.2, 0.25) is 0 Å². The Balaban J connectivity index is 2.12. The predicted octanol–water partition coefficient (Wildman–Crippen LogP) is 3.83. The lowest BCUT2D eigenvalue weighted by molar-refractivity contribution is 0.103. The number of hydrogen-bond acceptors (Lipinski definition) is 4. The molecule has 0 atom stereocenters. The van der Waals surface area contributed by atoms with Crippen molar-refractivity contribution in [2.24, 2.45) is 5.11 Å². The van der Waals surface area contributed by atoms with E-state index in [-0.39, 0.29) is 12.1 Å². The summed E-state index contributed by atoms with van der Waals surface area (Å²) in [5, 5.41) is 4.15. The molecule has 0 radical (unpaired) electrons. The largest absolute Gasteiger partial charge is 0.422 e. The molecule has 6 nitrogen and oxygen atoms in total. The minimum Gasteiger partial charge on any atom is -0.422 e. The fourth-order valence-electron chi connectivity index (χ4n) is 2.35. The van der Waals surface area contributed by atoms with Crippen LogP contribution in [0.3, 0.4) is 0 Å². The normalized spacial score (nSPS) is 10.3. The molecule has 3 rings (SSSR count). The van der Waals surface area contributed by atoms with Crippen molar-refractivity contribution in [2.75, 3.05) is 0 Å². The summed E-state index contributed by atoms with van der Waals surface area (Å²) in [4.78, 5) is 27.5. The van der Waals surface area contributed by atoms with Crippen LogP contribution in [-0.2, 0) is 6.54 Å². The fraction of sp³-hybridized carbons (Fsp3) is 0.0588. The van der Waals surface area contributed by atoms with E-state index in [1.54, 1.807) is 48.5 Å². The molecular formula is C17H11N3O3. The summed E-state index contributed by atoms with van der Waals surface area (Å²) in [6.45, 7) is 0.0390. The number of para-hydroxylation sites is 1. The number of nitrogens with zero attached hydrogens (tertiary/aromatic N) is 3. The van der Waals surface area contributed by atoms with Gasteiger partial charge in [-0.1, -0.05) is 47.6 Å². The second-order valence-corrected chi connectivity index (χ2v) is 4.86. The average Bonchev–Trinajstić information content (AvgIpc) is 2.59. The van der Waals surface area contributed by atoms with Crippen LogP contribution in [-0.4, -0.2) is 5.78 Å². The van der Waals surface area contributed by atoms with Crippen molar-refractivity contribution in [3.05, 3.63) is 92.2 Å². The maximum absolute atomic E-state index is 12.7. The molecular weight excluding hydrogens is 294 g/mol. The van der Waals surface area contributed by atoms with E-state index >= 15 is 0 Å². The zero-order chi connectivity index (χ0) is 16.2. The van der Waals surface area contributed by atoms with E-state index < -0.39 is 11.4 Å². The molecule has 6 heteroatoms. The van der Waals surface area contributed by atoms with E-state index in [0.29, 0.717) is 22.1 Å². The van der Waals surface area contributed by atoms with Crippen LogP contribution >= 0.6 is 0 Å². The molecule has 3 aromatic rings. The second-order valence-electron chi connectivity index (χ2n) is 4.86. The molecule has 0 aliphatic heterocycles. The van der Waals surface area contributed by atoms with Crippen molar-refractivity contribution >= 4 is 16.8 Å². The van der Waals surface area contributed by atoms with Crippen LogP contribution in [0, 0.1) is 0 Å². The number of carbonyl (C=O) groups is 1. The highest BCUT2D eigenvalue weighted by molar-refractivity contribution is 6.10. The van der Waals surface area contributed by atoms with E-state index in [0.717, 1.165) is 0 Å². The Morgan fingerprint density at radius 2 is 1.83 bits per heavy atom. The van der Waals surface area contributed by atoms with E-state index in [1.807, 2.05) is 0 Å². The lowest BCUT2D eigenvalue weighted by atomic mass is 9.99. The first-order chi connectivity index (χ1) is 11.2. The number of carbonyl (C=O) groups excluding carboxylic acids is 1. The van der Waals surface area contributed by atoms with Crippen molar-refractivity contribution in [1.29, 1.82) is 0 Å². The summed E-state index contributed by atoms with van der Waals surface area (Å²) in [7, 11) is 0. The number of hydrogen-bond donors (Lipinski definition) is 0. The molecule has 112 valence electrons. The third-order valence-corrected chi connectivity index (χ3v) is 3.45. The average molecular weight is 305 g/mol. The Morgan fingerprint density at radius 3 is 2.65 bits per heavy atom. The molecule has 2 aromatic carbocycles. The fourth-order valence-corrected chi connectivity index (χ4v) is 2.35. The number of azide groups is 1. The van der Waals surface area contributed by atoms with Gasteiger partial charge in [0.1, 0.15) is 11.1 Å². The molecule has 1 heterocycles. The molecule has 0 spiro atoms. The van der Waals surface area contributed by atoms with Gasteiger partial charge in [0.2, 0.25) is 5.78 Å². The lowest BCUT2D eigenvalue weighted by Gasteiger charge is -2.06. The first kappa shape index (κ1) is 14.6. The van der Waals surface area contributed by atoms with Crippen LogP contribution in [0.25, 0.3) is 21.4 Å². The highest BCUT2D eigenvalue weighted by Crippen LogP contribution is 2.18. The number of rotatable bonds is 4. The SMILES string of the molecule is [N-]=[N+]=NCc1ccccc1C(=O)c1cc2ccccc2oc1=O. The van der Waals surface area contributed by atoms with Gasteiger partial charge in [0, 0.05) is 15.9 Å². The molecule has 0 unspecified atom stereocenters. The molecule has 0 bridgehead atoms. The smallest absolute Gasteiger partial charge is 0.347 e. The van der Waals surface area contributed by atoms with Gasteiger partial charge < -0.3 is 4.42 Å². The van der Waals surface area contributed by atoms with Crippen LogP contribution in [0.1, 0.15) is 21.5 Å². The van der Waals surface area contributed by atoms with Crippen LogP contribution in [0.5, 0.6) is 0 Å². The zero-order valence-corrected chi connectivity index (χ0v) is 12.0. The molecule has 0 fully saturated rings. The molecule has 0 saturated carbocycles. The first-order valence-corrected chi connectivity index (χ1v) is 6.87. The summed E-state index contributed by atoms with van der Waals surface area (Å²) in [5.41, 5.74) is 9.02. The maximum Gasteiger partial charge on any atom is 0.347 e. The Hall–Kier alpha value is -3.37. The predicted molar refractivity (Wildman–Crippen MR) is 85.2 cm³/mol. The Bertz CT molecular complexity index is 1000. The van der Waals surface area contributed by atoms with Crippen molar-refractivity contribution in [3.8, 4) is 0 Å². The highest BCUT2D eigenvalue weighted by atomic mass is 16.4. The second kappa shape index (κ2) is 6.17. The van der Waals surface area contributed by atoms with Gasteiger partial charge in [-0.05, 0) is 23.2 Å². The van der Waals surface area contributed by atoms with Gasteiger partial charge >= 0.3 is 5.63 Å². The van der Waals surface area contributed by atoms with Gasteiger partial charge in [0.05, 0.1) is 6.54 Å². The Labute approximate surface area is 130 Å². The van der Waals surface area contributed by atoms with Crippen LogP contribution < -0.4 is 5.63 Å². The van der Waals surface area contributed by atoms with Gasteiger partial charge in [-0.25, -0.2) is 4.79 Å². The quantitative estimate of drug-likeness (QED) is 0.241. The Kier molecular flexibility index (Phi) is 3.91. The van der Waals surface area contributed by atoms with Crippen molar-refractivity contribution in [1.82, 2.24) is 0 Å². The molecule has 1 aromatic heterocycles. The summed E-state index contributed by atoms with van der Waals surface area (Å²) in [6.07, 6.45) is 0. The number of fused-ring (bicyclic) bond motifs is 1. The molecule has 0 N–H and O–H groups in total. The summed E-state index contributed by atoms with van der Waals surface area (Å²) in [6, 6.07) is 15.2. The molecule has 23 heavy (non-hydrogen) atoms. The summed E-state index contributed by atoms with van der Waals surface area (Å²) < 4.78 is 5.20. The van der Waals surface area contributed by atoms with E-state index in [2.05, 4.69) is 10.0 Å². The Morgan fingerprint density at radius 1 is 1.09 bits per heavy atom. The monoisotopic (exact) mass is 305 g/mol. The number of ketones is 1. The van der Waals surface area contributed by atoms with E-state index in [9.17, 15) is 9.59 Å². The van der Waals surface area contributed by atoms with Crippen molar-refractivity contribution in [2.45, 2.75) is 6.54 Å². The van der Waals surface area contributed by atoms with Crippen molar-refractivity contribution < 1.29 is 9.21 Å². The van der Waals surface area contributed by atoms with Gasteiger partial charge in [-0.3, -0.25) is 4.79 Å². The molecule has 0 aliphatic carbocycles. The van der Waals surface area contributed by atoms with E-state index in [1.165, 1.54) is 6.07 Å². The summed E-state index contributed by atoms with van der Waals surface area (Å²) in [5.74, 6) is -0.451. The number of benzene rings is 2.